The summed E-state index contributed by atoms with van der Waals surface area (Å²) in [4.78, 5) is 28.8. The van der Waals surface area contributed by atoms with Gasteiger partial charge < -0.3 is 10.3 Å². The second-order valence-electron chi connectivity index (χ2n) is 6.41. The number of amides is 1. The summed E-state index contributed by atoms with van der Waals surface area (Å²) in [5, 5.41) is 5.18. The van der Waals surface area contributed by atoms with Crippen molar-refractivity contribution in [2.75, 3.05) is 0 Å². The molecule has 1 aromatic carbocycles. The SMILES string of the molecule is O=C(NC(Cc1ccccc1)Cc1cscn1)c1ccnc(-c2ncc[nH]2)c1. The minimum absolute atomic E-state index is 0.0581. The van der Waals surface area contributed by atoms with E-state index in [0.717, 1.165) is 12.1 Å². The molecule has 7 heteroatoms. The average molecular weight is 389 g/mol. The van der Waals surface area contributed by atoms with Gasteiger partial charge in [0.1, 0.15) is 5.69 Å². The minimum atomic E-state index is -0.133. The third kappa shape index (κ3) is 4.50. The predicted octanol–water partition coefficient (Wildman–Crippen LogP) is 3.51. The molecule has 1 amide bonds. The van der Waals surface area contributed by atoms with Crippen molar-refractivity contribution < 1.29 is 4.79 Å². The number of nitrogens with zero attached hydrogens (tertiary/aromatic N) is 3. The van der Waals surface area contributed by atoms with E-state index in [9.17, 15) is 4.79 Å². The molecule has 4 rings (SSSR count). The van der Waals surface area contributed by atoms with Gasteiger partial charge in [0.05, 0.1) is 11.2 Å². The lowest BCUT2D eigenvalue weighted by Gasteiger charge is -2.18. The van der Waals surface area contributed by atoms with Gasteiger partial charge in [-0.05, 0) is 24.1 Å². The molecule has 4 aromatic rings. The predicted molar refractivity (Wildman–Crippen MR) is 109 cm³/mol. The fourth-order valence-electron chi connectivity index (χ4n) is 3.04. The van der Waals surface area contributed by atoms with Crippen LogP contribution in [0.2, 0.25) is 0 Å². The summed E-state index contributed by atoms with van der Waals surface area (Å²) < 4.78 is 0. The molecule has 0 aliphatic rings. The van der Waals surface area contributed by atoms with Crippen LogP contribution in [0.3, 0.4) is 0 Å². The highest BCUT2D eigenvalue weighted by molar-refractivity contribution is 7.07. The molecule has 0 aliphatic carbocycles. The van der Waals surface area contributed by atoms with Crippen LogP contribution in [0.4, 0.5) is 0 Å². The Bertz CT molecular complexity index is 1020. The number of benzene rings is 1. The quantitative estimate of drug-likeness (QED) is 0.507. The Morgan fingerprint density at radius 1 is 1.07 bits per heavy atom. The molecule has 3 heterocycles. The zero-order valence-corrected chi connectivity index (χ0v) is 15.9. The Labute approximate surface area is 166 Å². The number of rotatable bonds is 7. The molecule has 0 aliphatic heterocycles. The highest BCUT2D eigenvalue weighted by atomic mass is 32.1. The van der Waals surface area contributed by atoms with E-state index in [0.29, 0.717) is 23.5 Å². The first kappa shape index (κ1) is 18.1. The molecule has 0 fully saturated rings. The molecule has 0 saturated heterocycles. The fourth-order valence-corrected chi connectivity index (χ4v) is 3.61. The van der Waals surface area contributed by atoms with Gasteiger partial charge >= 0.3 is 0 Å². The minimum Gasteiger partial charge on any atom is -0.349 e. The second-order valence-corrected chi connectivity index (χ2v) is 7.13. The molecule has 3 aromatic heterocycles. The molecule has 1 unspecified atom stereocenters. The van der Waals surface area contributed by atoms with Gasteiger partial charge in [0.15, 0.2) is 5.82 Å². The summed E-state index contributed by atoms with van der Waals surface area (Å²) in [6.45, 7) is 0. The Morgan fingerprint density at radius 2 is 1.96 bits per heavy atom. The van der Waals surface area contributed by atoms with Gasteiger partial charge in [-0.15, -0.1) is 11.3 Å². The van der Waals surface area contributed by atoms with Crippen molar-refractivity contribution in [3.63, 3.8) is 0 Å². The molecule has 0 spiro atoms. The summed E-state index contributed by atoms with van der Waals surface area (Å²) in [5.74, 6) is 0.504. The van der Waals surface area contributed by atoms with Gasteiger partial charge in [-0.3, -0.25) is 9.78 Å². The van der Waals surface area contributed by atoms with Crippen LogP contribution in [0.15, 0.2) is 71.9 Å². The Balaban J connectivity index is 1.52. The van der Waals surface area contributed by atoms with Gasteiger partial charge in [-0.2, -0.15) is 0 Å². The molecular weight excluding hydrogens is 370 g/mol. The molecule has 1 atom stereocenters. The summed E-state index contributed by atoms with van der Waals surface area (Å²) in [6, 6.07) is 13.6. The van der Waals surface area contributed by atoms with Crippen LogP contribution in [0.1, 0.15) is 21.6 Å². The molecule has 6 nitrogen and oxygen atoms in total. The Morgan fingerprint density at radius 3 is 2.71 bits per heavy atom. The number of carbonyl (C=O) groups excluding carboxylic acids is 1. The maximum atomic E-state index is 12.9. The average Bonchev–Trinajstić information content (AvgIpc) is 3.43. The molecule has 140 valence electrons. The van der Waals surface area contributed by atoms with Crippen LogP contribution in [-0.2, 0) is 12.8 Å². The van der Waals surface area contributed by atoms with E-state index in [1.807, 2.05) is 29.1 Å². The third-order valence-corrected chi connectivity index (χ3v) is 5.00. The normalized spacial score (nSPS) is 11.9. The maximum absolute atomic E-state index is 12.9. The first-order chi connectivity index (χ1) is 13.8. The maximum Gasteiger partial charge on any atom is 0.251 e. The van der Waals surface area contributed by atoms with Gasteiger partial charge in [-0.25, -0.2) is 9.97 Å². The van der Waals surface area contributed by atoms with E-state index in [4.69, 9.17) is 0 Å². The van der Waals surface area contributed by atoms with E-state index < -0.39 is 0 Å². The van der Waals surface area contributed by atoms with Crippen molar-refractivity contribution in [2.24, 2.45) is 0 Å². The van der Waals surface area contributed by atoms with E-state index in [-0.39, 0.29) is 11.9 Å². The number of nitrogens with one attached hydrogen (secondary N) is 2. The lowest BCUT2D eigenvalue weighted by atomic mass is 10.0. The Kier molecular flexibility index (Phi) is 5.53. The van der Waals surface area contributed by atoms with Gasteiger partial charge in [0.2, 0.25) is 0 Å². The highest BCUT2D eigenvalue weighted by Gasteiger charge is 2.17. The number of aromatic nitrogens is 4. The van der Waals surface area contributed by atoms with Gasteiger partial charge in [-0.1, -0.05) is 30.3 Å². The summed E-state index contributed by atoms with van der Waals surface area (Å²) in [6.07, 6.45) is 6.43. The van der Waals surface area contributed by atoms with Crippen molar-refractivity contribution in [3.8, 4) is 11.5 Å². The van der Waals surface area contributed by atoms with Crippen LogP contribution in [-0.4, -0.2) is 31.9 Å². The number of carbonyl (C=O) groups is 1. The number of aromatic amines is 1. The molecule has 0 bridgehead atoms. The number of pyridine rings is 1. The zero-order chi connectivity index (χ0) is 19.2. The van der Waals surface area contributed by atoms with Crippen molar-refractivity contribution in [2.45, 2.75) is 18.9 Å². The van der Waals surface area contributed by atoms with E-state index in [1.54, 1.807) is 42.1 Å². The number of H-pyrrole nitrogens is 1. The third-order valence-electron chi connectivity index (χ3n) is 4.36. The van der Waals surface area contributed by atoms with Crippen LogP contribution in [0, 0.1) is 0 Å². The van der Waals surface area contributed by atoms with Crippen molar-refractivity contribution in [3.05, 3.63) is 88.8 Å². The second kappa shape index (κ2) is 8.58. The zero-order valence-electron chi connectivity index (χ0n) is 15.1. The van der Waals surface area contributed by atoms with Crippen LogP contribution in [0.25, 0.3) is 11.5 Å². The Hall–Kier alpha value is -3.32. The molecule has 0 radical (unpaired) electrons. The first-order valence-electron chi connectivity index (χ1n) is 8.95. The number of hydrogen-bond acceptors (Lipinski definition) is 5. The largest absolute Gasteiger partial charge is 0.349 e. The monoisotopic (exact) mass is 389 g/mol. The number of thiazole rings is 1. The van der Waals surface area contributed by atoms with E-state index >= 15 is 0 Å². The van der Waals surface area contributed by atoms with Crippen molar-refractivity contribution in [1.82, 2.24) is 25.3 Å². The van der Waals surface area contributed by atoms with Crippen LogP contribution < -0.4 is 5.32 Å². The number of hydrogen-bond donors (Lipinski definition) is 2. The molecule has 0 saturated carbocycles. The smallest absolute Gasteiger partial charge is 0.251 e. The molecule has 2 N–H and O–H groups in total. The first-order valence-corrected chi connectivity index (χ1v) is 9.90. The topological polar surface area (TPSA) is 83.6 Å². The van der Waals surface area contributed by atoms with E-state index in [1.165, 1.54) is 5.56 Å². The standard InChI is InChI=1S/C21H19N5OS/c27-21(16-6-7-22-19(11-16)20-23-8-9-24-20)26-17(12-18-13-28-14-25-18)10-15-4-2-1-3-5-15/h1-9,11,13-14,17H,10,12H2,(H,23,24)(H,26,27). The molecule has 28 heavy (non-hydrogen) atoms. The van der Waals surface area contributed by atoms with Gasteiger partial charge in [0, 0.05) is 42.0 Å². The summed E-state index contributed by atoms with van der Waals surface area (Å²) in [5.41, 5.74) is 5.16. The van der Waals surface area contributed by atoms with Crippen LogP contribution >= 0.6 is 11.3 Å². The number of imidazole rings is 1. The highest BCUT2D eigenvalue weighted by Crippen LogP contribution is 2.14. The van der Waals surface area contributed by atoms with E-state index in [2.05, 4.69) is 37.4 Å². The fraction of sp³-hybridized carbons (Fsp3) is 0.143. The lowest BCUT2D eigenvalue weighted by Crippen LogP contribution is -2.38. The summed E-state index contributed by atoms with van der Waals surface area (Å²) in [7, 11) is 0. The van der Waals surface area contributed by atoms with Crippen molar-refractivity contribution >= 4 is 17.2 Å². The summed E-state index contributed by atoms with van der Waals surface area (Å²) >= 11 is 1.56. The van der Waals surface area contributed by atoms with Crippen LogP contribution in [0.5, 0.6) is 0 Å². The van der Waals surface area contributed by atoms with Gasteiger partial charge in [0.25, 0.3) is 5.91 Å². The lowest BCUT2D eigenvalue weighted by molar-refractivity contribution is 0.0936. The van der Waals surface area contributed by atoms with Crippen molar-refractivity contribution in [1.29, 1.82) is 0 Å². The molecular formula is C21H19N5OS.